The Morgan fingerprint density at radius 3 is 2.72 bits per heavy atom. The highest BCUT2D eigenvalue weighted by atomic mass is 35.5. The van der Waals surface area contributed by atoms with E-state index in [1.807, 2.05) is 0 Å². The summed E-state index contributed by atoms with van der Waals surface area (Å²) in [5.41, 5.74) is 1.13. The van der Waals surface area contributed by atoms with Gasteiger partial charge in [0.25, 0.3) is 0 Å². The molecular weight excluding hydrogens is 391 g/mol. The van der Waals surface area contributed by atoms with Crippen LogP contribution in [0.5, 0.6) is 0 Å². The third kappa shape index (κ3) is 3.89. The van der Waals surface area contributed by atoms with Gasteiger partial charge in [-0.15, -0.1) is 0 Å². The highest BCUT2D eigenvalue weighted by Crippen LogP contribution is 2.31. The van der Waals surface area contributed by atoms with Crippen LogP contribution < -0.4 is 5.32 Å². The summed E-state index contributed by atoms with van der Waals surface area (Å²) in [5.74, 6) is -0.499. The number of carbonyl (C=O) groups is 1. The predicted molar refractivity (Wildman–Crippen MR) is 96.8 cm³/mol. The molecule has 130 valence electrons. The van der Waals surface area contributed by atoms with Crippen molar-refractivity contribution < 1.29 is 13.6 Å². The Labute approximate surface area is 156 Å². The standard InChI is InChI=1S/C16H11Cl2F2N3OS/c17-9-4-3-6-11(14(9)18)21-13(24)8-25-16-22-10-5-1-2-7-12(10)23(16)15(19)20/h1-7,15H,8H2,(H,21,24). The molecule has 2 aromatic carbocycles. The van der Waals surface area contributed by atoms with Crippen molar-refractivity contribution in [1.82, 2.24) is 9.55 Å². The van der Waals surface area contributed by atoms with Crippen LogP contribution in [0.1, 0.15) is 6.55 Å². The number of para-hydroxylation sites is 2. The van der Waals surface area contributed by atoms with Crippen molar-refractivity contribution in [3.8, 4) is 0 Å². The zero-order chi connectivity index (χ0) is 18.0. The van der Waals surface area contributed by atoms with Gasteiger partial charge in [-0.05, 0) is 24.3 Å². The van der Waals surface area contributed by atoms with E-state index >= 15 is 0 Å². The molecule has 1 heterocycles. The lowest BCUT2D eigenvalue weighted by atomic mass is 10.3. The second-order valence-electron chi connectivity index (χ2n) is 4.97. The van der Waals surface area contributed by atoms with Crippen LogP contribution in [-0.4, -0.2) is 21.2 Å². The van der Waals surface area contributed by atoms with Gasteiger partial charge in [0.15, 0.2) is 5.16 Å². The first-order valence-electron chi connectivity index (χ1n) is 7.09. The number of nitrogens with zero attached hydrogens (tertiary/aromatic N) is 2. The quantitative estimate of drug-likeness (QED) is 0.576. The lowest BCUT2D eigenvalue weighted by molar-refractivity contribution is -0.113. The Balaban J connectivity index is 1.75. The maximum absolute atomic E-state index is 13.3. The molecule has 0 saturated heterocycles. The van der Waals surface area contributed by atoms with Crippen LogP contribution in [0, 0.1) is 0 Å². The lowest BCUT2D eigenvalue weighted by Gasteiger charge is -2.09. The highest BCUT2D eigenvalue weighted by molar-refractivity contribution is 7.99. The van der Waals surface area contributed by atoms with Gasteiger partial charge in [0, 0.05) is 0 Å². The van der Waals surface area contributed by atoms with Crippen LogP contribution >= 0.6 is 35.0 Å². The number of benzene rings is 2. The molecule has 1 N–H and O–H groups in total. The molecule has 0 spiro atoms. The minimum atomic E-state index is -2.75. The van der Waals surface area contributed by atoms with Crippen molar-refractivity contribution in [1.29, 1.82) is 0 Å². The van der Waals surface area contributed by atoms with E-state index in [1.54, 1.807) is 42.5 Å². The van der Waals surface area contributed by atoms with Gasteiger partial charge in [-0.3, -0.25) is 9.36 Å². The number of thioether (sulfide) groups is 1. The van der Waals surface area contributed by atoms with Crippen molar-refractivity contribution >= 4 is 57.6 Å². The maximum atomic E-state index is 13.3. The molecule has 3 aromatic rings. The Hall–Kier alpha value is -1.83. The third-order valence-electron chi connectivity index (χ3n) is 3.32. The number of anilines is 1. The van der Waals surface area contributed by atoms with Crippen LogP contribution in [0.2, 0.25) is 10.0 Å². The topological polar surface area (TPSA) is 46.9 Å². The summed E-state index contributed by atoms with van der Waals surface area (Å²) in [6, 6.07) is 11.4. The molecule has 0 bridgehead atoms. The van der Waals surface area contributed by atoms with Crippen molar-refractivity contribution in [2.75, 3.05) is 11.1 Å². The summed E-state index contributed by atoms with van der Waals surface area (Å²) in [5, 5.41) is 3.21. The minimum absolute atomic E-state index is 0.0727. The minimum Gasteiger partial charge on any atom is -0.324 e. The monoisotopic (exact) mass is 401 g/mol. The second kappa shape index (κ2) is 7.59. The number of amides is 1. The van der Waals surface area contributed by atoms with E-state index < -0.39 is 12.5 Å². The summed E-state index contributed by atoms with van der Waals surface area (Å²) in [6.45, 7) is -2.75. The number of aromatic nitrogens is 2. The van der Waals surface area contributed by atoms with E-state index in [0.29, 0.717) is 21.7 Å². The molecule has 0 radical (unpaired) electrons. The van der Waals surface area contributed by atoms with Crippen molar-refractivity contribution in [3.63, 3.8) is 0 Å². The second-order valence-corrected chi connectivity index (χ2v) is 6.70. The predicted octanol–water partition coefficient (Wildman–Crippen LogP) is 5.47. The van der Waals surface area contributed by atoms with E-state index in [2.05, 4.69) is 10.3 Å². The first kappa shape index (κ1) is 18.0. The van der Waals surface area contributed by atoms with Gasteiger partial charge in [0.05, 0.1) is 32.5 Å². The first-order valence-corrected chi connectivity index (χ1v) is 8.83. The molecule has 3 rings (SSSR count). The van der Waals surface area contributed by atoms with E-state index in [0.717, 1.165) is 16.3 Å². The average molecular weight is 402 g/mol. The van der Waals surface area contributed by atoms with Gasteiger partial charge < -0.3 is 5.32 Å². The lowest BCUT2D eigenvalue weighted by Crippen LogP contribution is -2.15. The Bertz CT molecular complexity index is 933. The third-order valence-corrected chi connectivity index (χ3v) is 5.09. The number of rotatable bonds is 5. The summed E-state index contributed by atoms with van der Waals surface area (Å²) in [7, 11) is 0. The molecule has 0 aliphatic rings. The van der Waals surface area contributed by atoms with E-state index in [-0.39, 0.29) is 15.9 Å². The number of hydrogen-bond acceptors (Lipinski definition) is 3. The molecule has 25 heavy (non-hydrogen) atoms. The molecule has 0 aliphatic heterocycles. The number of hydrogen-bond donors (Lipinski definition) is 1. The molecule has 0 unspecified atom stereocenters. The molecule has 0 atom stereocenters. The van der Waals surface area contributed by atoms with E-state index in [4.69, 9.17) is 23.2 Å². The van der Waals surface area contributed by atoms with Gasteiger partial charge in [0.2, 0.25) is 5.91 Å². The maximum Gasteiger partial charge on any atom is 0.321 e. The Kier molecular flexibility index (Phi) is 5.46. The number of nitrogens with one attached hydrogen (secondary N) is 1. The summed E-state index contributed by atoms with van der Waals surface area (Å²) in [4.78, 5) is 16.3. The van der Waals surface area contributed by atoms with Gasteiger partial charge in [-0.25, -0.2) is 4.98 Å². The van der Waals surface area contributed by atoms with Crippen molar-refractivity contribution in [2.24, 2.45) is 0 Å². The smallest absolute Gasteiger partial charge is 0.321 e. The van der Waals surface area contributed by atoms with Gasteiger partial charge in [-0.1, -0.05) is 53.2 Å². The summed E-state index contributed by atoms with van der Waals surface area (Å²) < 4.78 is 27.5. The molecular formula is C16H11Cl2F2N3OS. The number of carbonyl (C=O) groups excluding carboxylic acids is 1. The highest BCUT2D eigenvalue weighted by Gasteiger charge is 2.19. The fourth-order valence-electron chi connectivity index (χ4n) is 2.23. The molecule has 9 heteroatoms. The van der Waals surface area contributed by atoms with E-state index in [9.17, 15) is 13.6 Å². The molecule has 0 fully saturated rings. The number of halogens is 4. The van der Waals surface area contributed by atoms with Crippen LogP contribution in [0.3, 0.4) is 0 Å². The number of fused-ring (bicyclic) bond motifs is 1. The largest absolute Gasteiger partial charge is 0.324 e. The van der Waals surface area contributed by atoms with Gasteiger partial charge in [0.1, 0.15) is 0 Å². The molecule has 1 amide bonds. The zero-order valence-corrected chi connectivity index (χ0v) is 14.9. The normalized spacial score (nSPS) is 11.2. The fraction of sp³-hybridized carbons (Fsp3) is 0.125. The summed E-state index contributed by atoms with van der Waals surface area (Å²) >= 11 is 12.8. The van der Waals surface area contributed by atoms with Gasteiger partial charge in [-0.2, -0.15) is 8.78 Å². The van der Waals surface area contributed by atoms with Crippen LogP contribution in [0.25, 0.3) is 11.0 Å². The summed E-state index contributed by atoms with van der Waals surface area (Å²) in [6.07, 6.45) is 0. The molecule has 1 aromatic heterocycles. The first-order chi connectivity index (χ1) is 12.0. The fourth-order valence-corrected chi connectivity index (χ4v) is 3.39. The van der Waals surface area contributed by atoms with Crippen molar-refractivity contribution in [3.05, 3.63) is 52.5 Å². The molecule has 0 aliphatic carbocycles. The van der Waals surface area contributed by atoms with Crippen LogP contribution in [0.15, 0.2) is 47.6 Å². The van der Waals surface area contributed by atoms with Crippen molar-refractivity contribution in [2.45, 2.75) is 11.7 Å². The molecule has 4 nitrogen and oxygen atoms in total. The molecule has 0 saturated carbocycles. The van der Waals surface area contributed by atoms with Gasteiger partial charge >= 0.3 is 6.55 Å². The zero-order valence-electron chi connectivity index (χ0n) is 12.5. The number of imidazole rings is 1. The van der Waals surface area contributed by atoms with Crippen LogP contribution in [-0.2, 0) is 4.79 Å². The van der Waals surface area contributed by atoms with Crippen LogP contribution in [0.4, 0.5) is 14.5 Å². The average Bonchev–Trinajstić information content (AvgIpc) is 2.96. The van der Waals surface area contributed by atoms with E-state index in [1.165, 1.54) is 0 Å². The Morgan fingerprint density at radius 2 is 1.96 bits per heavy atom. The number of alkyl halides is 2. The Morgan fingerprint density at radius 1 is 1.20 bits per heavy atom. The SMILES string of the molecule is O=C(CSc1nc2ccccc2n1C(F)F)Nc1cccc(Cl)c1Cl.